The van der Waals surface area contributed by atoms with Crippen molar-refractivity contribution >= 4 is 23.7 Å². The number of amides is 2. The van der Waals surface area contributed by atoms with Gasteiger partial charge in [-0.25, -0.2) is 4.79 Å². The fourth-order valence-electron chi connectivity index (χ4n) is 1.89. The topological polar surface area (TPSA) is 186 Å². The summed E-state index contributed by atoms with van der Waals surface area (Å²) >= 11 is 0. The summed E-state index contributed by atoms with van der Waals surface area (Å²) in [4.78, 5) is 38.3. The van der Waals surface area contributed by atoms with Crippen LogP contribution in [-0.4, -0.2) is 54.0 Å². The van der Waals surface area contributed by atoms with Gasteiger partial charge in [0.05, 0.1) is 12.6 Å². The molecule has 0 unspecified atom stereocenters. The van der Waals surface area contributed by atoms with Crippen LogP contribution in [0, 0.1) is 5.92 Å². The Morgan fingerprint density at radius 1 is 1.21 bits per heavy atom. The van der Waals surface area contributed by atoms with Crippen LogP contribution >= 0.6 is 0 Å². The van der Waals surface area contributed by atoms with Gasteiger partial charge >= 0.3 is 5.97 Å². The Kier molecular flexibility index (Phi) is 10.1. The molecule has 0 aromatic heterocycles. The second-order valence-electron chi connectivity index (χ2n) is 5.86. The summed E-state index contributed by atoms with van der Waals surface area (Å²) in [6, 6.07) is -1.78. The molecule has 0 spiro atoms. The molecule has 10 nitrogen and oxygen atoms in total. The van der Waals surface area contributed by atoms with Gasteiger partial charge in [-0.2, -0.15) is 0 Å². The van der Waals surface area contributed by atoms with Crippen molar-refractivity contribution in [3.8, 4) is 0 Å². The summed E-state index contributed by atoms with van der Waals surface area (Å²) in [5.41, 5.74) is 16.0. The van der Waals surface area contributed by atoms with Crippen molar-refractivity contribution in [1.29, 1.82) is 0 Å². The Morgan fingerprint density at radius 2 is 1.83 bits per heavy atom. The Bertz CT molecular complexity index is 462. The molecule has 2 amide bonds. The van der Waals surface area contributed by atoms with Crippen LogP contribution in [0.2, 0.25) is 0 Å². The number of nitrogens with one attached hydrogen (secondary N) is 2. The lowest BCUT2D eigenvalue weighted by Crippen LogP contribution is -2.48. The predicted molar refractivity (Wildman–Crippen MR) is 89.9 cm³/mol. The highest BCUT2D eigenvalue weighted by Crippen LogP contribution is 2.04. The molecule has 0 aliphatic carbocycles. The molecule has 0 aliphatic heterocycles. The quantitative estimate of drug-likeness (QED) is 0.143. The fourth-order valence-corrected chi connectivity index (χ4v) is 1.89. The van der Waals surface area contributed by atoms with Crippen molar-refractivity contribution in [1.82, 2.24) is 10.6 Å². The van der Waals surface area contributed by atoms with Crippen LogP contribution in [0.3, 0.4) is 0 Å². The molecule has 2 atom stereocenters. The summed E-state index contributed by atoms with van der Waals surface area (Å²) in [5.74, 6) is -2.10. The molecule has 0 saturated carbocycles. The van der Waals surface area contributed by atoms with Crippen molar-refractivity contribution < 1.29 is 19.5 Å². The van der Waals surface area contributed by atoms with Gasteiger partial charge in [0.15, 0.2) is 5.96 Å². The van der Waals surface area contributed by atoms with E-state index >= 15 is 0 Å². The van der Waals surface area contributed by atoms with E-state index in [-0.39, 0.29) is 18.4 Å². The average molecular weight is 344 g/mol. The van der Waals surface area contributed by atoms with E-state index < -0.39 is 29.9 Å². The summed E-state index contributed by atoms with van der Waals surface area (Å²) in [6.07, 6.45) is 1.18. The van der Waals surface area contributed by atoms with Gasteiger partial charge in [-0.05, 0) is 25.2 Å². The number of aliphatic imine (C=N–C) groups is 1. The molecular weight excluding hydrogens is 316 g/mol. The molecule has 138 valence electrons. The Morgan fingerprint density at radius 3 is 2.33 bits per heavy atom. The first-order chi connectivity index (χ1) is 11.1. The number of aliphatic carboxylic acids is 1. The number of guanidine groups is 1. The summed E-state index contributed by atoms with van der Waals surface area (Å²) < 4.78 is 0. The van der Waals surface area contributed by atoms with Crippen LogP contribution in [-0.2, 0) is 14.4 Å². The third-order valence-electron chi connectivity index (χ3n) is 3.07. The van der Waals surface area contributed by atoms with E-state index in [1.807, 2.05) is 13.8 Å². The number of carboxylic acids is 1. The molecule has 10 heteroatoms. The number of hydrogen-bond acceptors (Lipinski definition) is 5. The molecule has 0 bridgehead atoms. The smallest absolute Gasteiger partial charge is 0.326 e. The molecule has 0 radical (unpaired) electrons. The minimum absolute atomic E-state index is 0.0286. The predicted octanol–water partition coefficient (Wildman–Crippen LogP) is -1.90. The van der Waals surface area contributed by atoms with E-state index in [1.165, 1.54) is 0 Å². The number of carbonyl (C=O) groups is 3. The Balaban J connectivity index is 4.17. The molecule has 0 aromatic carbocycles. The molecule has 0 aromatic rings. The first-order valence-corrected chi connectivity index (χ1v) is 7.74. The molecule has 9 N–H and O–H groups in total. The van der Waals surface area contributed by atoms with Crippen LogP contribution in [0.5, 0.6) is 0 Å². The zero-order chi connectivity index (χ0) is 18.7. The zero-order valence-corrected chi connectivity index (χ0v) is 14.1. The van der Waals surface area contributed by atoms with E-state index in [0.717, 1.165) is 0 Å². The largest absolute Gasteiger partial charge is 0.480 e. The van der Waals surface area contributed by atoms with Gasteiger partial charge in [0.1, 0.15) is 6.04 Å². The average Bonchev–Trinajstić information content (AvgIpc) is 2.47. The van der Waals surface area contributed by atoms with Crippen LogP contribution in [0.25, 0.3) is 0 Å². The number of carbonyl (C=O) groups excluding carboxylic acids is 2. The second kappa shape index (κ2) is 11.2. The number of rotatable bonds is 11. The monoisotopic (exact) mass is 344 g/mol. The maximum atomic E-state index is 11.8. The maximum Gasteiger partial charge on any atom is 0.326 e. The molecule has 24 heavy (non-hydrogen) atoms. The SMILES string of the molecule is CC(C)C[C@H](NC(=O)CNC(=O)[C@@H](N)CCCN=C(N)N)C(=O)O. The Labute approximate surface area is 141 Å². The Hall–Kier alpha value is -2.36. The fraction of sp³-hybridized carbons (Fsp3) is 0.714. The molecule has 0 rings (SSSR count). The van der Waals surface area contributed by atoms with Crippen LogP contribution in [0.15, 0.2) is 4.99 Å². The van der Waals surface area contributed by atoms with Crippen LogP contribution in [0.4, 0.5) is 0 Å². The summed E-state index contributed by atoms with van der Waals surface area (Å²) in [5, 5.41) is 13.8. The minimum Gasteiger partial charge on any atom is -0.480 e. The molecule has 0 aliphatic rings. The number of nitrogens with two attached hydrogens (primary N) is 3. The summed E-state index contributed by atoms with van der Waals surface area (Å²) in [6.45, 7) is 3.73. The highest BCUT2D eigenvalue weighted by atomic mass is 16.4. The van der Waals surface area contributed by atoms with Crippen LogP contribution < -0.4 is 27.8 Å². The van der Waals surface area contributed by atoms with Crippen LogP contribution in [0.1, 0.15) is 33.1 Å². The number of nitrogens with zero attached hydrogens (tertiary/aromatic N) is 1. The normalized spacial score (nSPS) is 13.0. The van der Waals surface area contributed by atoms with E-state index in [0.29, 0.717) is 25.8 Å². The van der Waals surface area contributed by atoms with E-state index in [9.17, 15) is 14.4 Å². The molecule has 0 saturated heterocycles. The standard InChI is InChI=1S/C14H28N6O4/c1-8(2)6-10(13(23)24)20-11(21)7-19-12(22)9(15)4-3-5-18-14(16)17/h8-10H,3-7,15H2,1-2H3,(H,19,22)(H,20,21)(H,23,24)(H4,16,17,18)/t9-,10-/m0/s1. The van der Waals surface area contributed by atoms with Crippen molar-refractivity contribution in [2.75, 3.05) is 13.1 Å². The highest BCUT2D eigenvalue weighted by molar-refractivity contribution is 5.89. The molecular formula is C14H28N6O4. The van der Waals surface area contributed by atoms with Crippen molar-refractivity contribution in [3.63, 3.8) is 0 Å². The van der Waals surface area contributed by atoms with Gasteiger partial charge in [-0.1, -0.05) is 13.8 Å². The van der Waals surface area contributed by atoms with Gasteiger partial charge in [0, 0.05) is 6.54 Å². The third kappa shape index (κ3) is 10.4. The minimum atomic E-state index is -1.11. The second-order valence-corrected chi connectivity index (χ2v) is 5.86. The van der Waals surface area contributed by atoms with E-state index in [1.54, 1.807) is 0 Å². The molecule has 0 fully saturated rings. The van der Waals surface area contributed by atoms with Crippen molar-refractivity contribution in [3.05, 3.63) is 0 Å². The lowest BCUT2D eigenvalue weighted by molar-refractivity contribution is -0.142. The number of carboxylic acid groups (broad SMARTS) is 1. The van der Waals surface area contributed by atoms with Crippen molar-refractivity contribution in [2.45, 2.75) is 45.2 Å². The van der Waals surface area contributed by atoms with Crippen molar-refractivity contribution in [2.24, 2.45) is 28.1 Å². The zero-order valence-electron chi connectivity index (χ0n) is 14.1. The van der Waals surface area contributed by atoms with Gasteiger partial charge in [-0.15, -0.1) is 0 Å². The van der Waals surface area contributed by atoms with Gasteiger partial charge < -0.3 is 32.9 Å². The number of hydrogen-bond donors (Lipinski definition) is 6. The van der Waals surface area contributed by atoms with Gasteiger partial charge in [-0.3, -0.25) is 14.6 Å². The van der Waals surface area contributed by atoms with E-state index in [4.69, 9.17) is 22.3 Å². The first kappa shape index (κ1) is 21.6. The maximum absolute atomic E-state index is 11.8. The van der Waals surface area contributed by atoms with Gasteiger partial charge in [0.25, 0.3) is 0 Å². The third-order valence-corrected chi connectivity index (χ3v) is 3.07. The van der Waals surface area contributed by atoms with Gasteiger partial charge in [0.2, 0.25) is 11.8 Å². The highest BCUT2D eigenvalue weighted by Gasteiger charge is 2.21. The molecule has 0 heterocycles. The lowest BCUT2D eigenvalue weighted by atomic mass is 10.0. The van der Waals surface area contributed by atoms with E-state index in [2.05, 4.69) is 15.6 Å². The summed E-state index contributed by atoms with van der Waals surface area (Å²) in [7, 11) is 0. The first-order valence-electron chi connectivity index (χ1n) is 7.74. The lowest BCUT2D eigenvalue weighted by Gasteiger charge is -2.17.